The van der Waals surface area contributed by atoms with Gasteiger partial charge in [0.1, 0.15) is 0 Å². The molecule has 1 saturated heterocycles. The number of aryl methyl sites for hydroxylation is 1. The van der Waals surface area contributed by atoms with Crippen molar-refractivity contribution in [3.8, 4) is 0 Å². The fourth-order valence-corrected chi connectivity index (χ4v) is 2.45. The molecule has 1 aliphatic rings. The van der Waals surface area contributed by atoms with E-state index in [1.54, 1.807) is 0 Å². The highest BCUT2D eigenvalue weighted by atomic mass is 16.2. The van der Waals surface area contributed by atoms with Crippen LogP contribution in [0.1, 0.15) is 25.8 Å². The third kappa shape index (κ3) is 3.72. The standard InChI is InChI=1S/C16H24N2O/c1-13(2)12-16(19)18-10-8-17(9-11-18)15-6-4-14(3)5-7-15/h4-7,13H,8-12H2,1-3H3. The minimum absolute atomic E-state index is 0.304. The third-order valence-corrected chi connectivity index (χ3v) is 3.61. The lowest BCUT2D eigenvalue weighted by Crippen LogP contribution is -2.49. The Bertz CT molecular complexity index is 417. The van der Waals surface area contributed by atoms with Crippen LogP contribution in [0.5, 0.6) is 0 Å². The van der Waals surface area contributed by atoms with E-state index in [1.165, 1.54) is 11.3 Å². The van der Waals surface area contributed by atoms with Gasteiger partial charge in [0.2, 0.25) is 5.91 Å². The van der Waals surface area contributed by atoms with E-state index in [-0.39, 0.29) is 0 Å². The molecule has 0 bridgehead atoms. The van der Waals surface area contributed by atoms with Crippen LogP contribution in [-0.4, -0.2) is 37.0 Å². The number of carbonyl (C=O) groups is 1. The van der Waals surface area contributed by atoms with Crippen molar-refractivity contribution in [2.45, 2.75) is 27.2 Å². The molecule has 0 unspecified atom stereocenters. The van der Waals surface area contributed by atoms with Gasteiger partial charge in [-0.3, -0.25) is 4.79 Å². The van der Waals surface area contributed by atoms with Crippen LogP contribution < -0.4 is 4.90 Å². The topological polar surface area (TPSA) is 23.6 Å². The van der Waals surface area contributed by atoms with Gasteiger partial charge in [-0.15, -0.1) is 0 Å². The molecule has 0 aromatic heterocycles. The summed E-state index contributed by atoms with van der Waals surface area (Å²) in [5, 5.41) is 0. The summed E-state index contributed by atoms with van der Waals surface area (Å²) in [5.74, 6) is 0.751. The van der Waals surface area contributed by atoms with E-state index in [2.05, 4.69) is 49.9 Å². The number of hydrogen-bond acceptors (Lipinski definition) is 2. The Hall–Kier alpha value is -1.51. The van der Waals surface area contributed by atoms with Crippen LogP contribution in [0.4, 0.5) is 5.69 Å². The summed E-state index contributed by atoms with van der Waals surface area (Å²) >= 11 is 0. The molecular weight excluding hydrogens is 236 g/mol. The third-order valence-electron chi connectivity index (χ3n) is 3.61. The van der Waals surface area contributed by atoms with Gasteiger partial charge in [0, 0.05) is 38.3 Å². The van der Waals surface area contributed by atoms with Gasteiger partial charge in [0.15, 0.2) is 0 Å². The number of anilines is 1. The summed E-state index contributed by atoms with van der Waals surface area (Å²) in [6, 6.07) is 8.62. The zero-order valence-corrected chi connectivity index (χ0v) is 12.2. The number of nitrogens with zero attached hydrogens (tertiary/aromatic N) is 2. The van der Waals surface area contributed by atoms with Crippen LogP contribution >= 0.6 is 0 Å². The van der Waals surface area contributed by atoms with E-state index < -0.39 is 0 Å². The summed E-state index contributed by atoms with van der Waals surface area (Å²) in [7, 11) is 0. The molecule has 1 aromatic carbocycles. The largest absolute Gasteiger partial charge is 0.368 e. The molecule has 3 heteroatoms. The van der Waals surface area contributed by atoms with Gasteiger partial charge < -0.3 is 9.80 Å². The Labute approximate surface area is 116 Å². The van der Waals surface area contributed by atoms with Crippen LogP contribution in [-0.2, 0) is 4.79 Å². The number of hydrogen-bond donors (Lipinski definition) is 0. The molecule has 1 aromatic rings. The lowest BCUT2D eigenvalue weighted by molar-refractivity contribution is -0.132. The van der Waals surface area contributed by atoms with E-state index >= 15 is 0 Å². The second-order valence-electron chi connectivity index (χ2n) is 5.80. The predicted octanol–water partition coefficient (Wildman–Crippen LogP) is 2.69. The number of carbonyl (C=O) groups excluding carboxylic acids is 1. The smallest absolute Gasteiger partial charge is 0.222 e. The Morgan fingerprint density at radius 3 is 2.21 bits per heavy atom. The summed E-state index contributed by atoms with van der Waals surface area (Å²) < 4.78 is 0. The van der Waals surface area contributed by atoms with E-state index in [4.69, 9.17) is 0 Å². The maximum absolute atomic E-state index is 12.0. The fraction of sp³-hybridized carbons (Fsp3) is 0.562. The van der Waals surface area contributed by atoms with Crippen molar-refractivity contribution in [3.05, 3.63) is 29.8 Å². The van der Waals surface area contributed by atoms with E-state index in [0.717, 1.165) is 26.2 Å². The normalized spacial score (nSPS) is 16.0. The number of piperazine rings is 1. The molecule has 0 N–H and O–H groups in total. The summed E-state index contributed by atoms with van der Waals surface area (Å²) in [5.41, 5.74) is 2.55. The van der Waals surface area contributed by atoms with Crippen molar-refractivity contribution < 1.29 is 4.79 Å². The van der Waals surface area contributed by atoms with Crippen LogP contribution in [0.15, 0.2) is 24.3 Å². The van der Waals surface area contributed by atoms with Gasteiger partial charge in [-0.1, -0.05) is 31.5 Å². The predicted molar refractivity (Wildman–Crippen MR) is 79.4 cm³/mol. The number of benzene rings is 1. The molecule has 1 fully saturated rings. The van der Waals surface area contributed by atoms with Crippen LogP contribution in [0.3, 0.4) is 0 Å². The maximum Gasteiger partial charge on any atom is 0.222 e. The minimum atomic E-state index is 0.304. The molecule has 19 heavy (non-hydrogen) atoms. The summed E-state index contributed by atoms with van der Waals surface area (Å²) in [6.45, 7) is 9.87. The van der Waals surface area contributed by atoms with Crippen LogP contribution in [0.2, 0.25) is 0 Å². The summed E-state index contributed by atoms with van der Waals surface area (Å²) in [4.78, 5) is 16.4. The van der Waals surface area contributed by atoms with Crippen LogP contribution in [0, 0.1) is 12.8 Å². The Balaban J connectivity index is 1.88. The molecule has 1 amide bonds. The van der Waals surface area contributed by atoms with Gasteiger partial charge >= 0.3 is 0 Å². The first-order chi connectivity index (χ1) is 9.06. The zero-order valence-electron chi connectivity index (χ0n) is 12.2. The molecule has 3 nitrogen and oxygen atoms in total. The molecule has 1 aliphatic heterocycles. The summed E-state index contributed by atoms with van der Waals surface area (Å²) in [6.07, 6.45) is 0.671. The highest BCUT2D eigenvalue weighted by Gasteiger charge is 2.21. The van der Waals surface area contributed by atoms with Gasteiger partial charge in [0.25, 0.3) is 0 Å². The highest BCUT2D eigenvalue weighted by molar-refractivity contribution is 5.76. The van der Waals surface area contributed by atoms with Crippen molar-refractivity contribution in [1.82, 2.24) is 4.90 Å². The Kier molecular flexibility index (Phi) is 4.46. The molecular formula is C16H24N2O. The van der Waals surface area contributed by atoms with Crippen molar-refractivity contribution in [3.63, 3.8) is 0 Å². The molecule has 0 radical (unpaired) electrons. The maximum atomic E-state index is 12.0. The Morgan fingerprint density at radius 1 is 1.11 bits per heavy atom. The minimum Gasteiger partial charge on any atom is -0.368 e. The fourth-order valence-electron chi connectivity index (χ4n) is 2.45. The average Bonchev–Trinajstić information content (AvgIpc) is 2.39. The zero-order chi connectivity index (χ0) is 13.8. The average molecular weight is 260 g/mol. The first-order valence-corrected chi connectivity index (χ1v) is 7.15. The van der Waals surface area contributed by atoms with Crippen LogP contribution in [0.25, 0.3) is 0 Å². The first-order valence-electron chi connectivity index (χ1n) is 7.15. The first kappa shape index (κ1) is 13.9. The van der Waals surface area contributed by atoms with Gasteiger partial charge in [-0.05, 0) is 25.0 Å². The lowest BCUT2D eigenvalue weighted by atomic mass is 10.1. The number of amides is 1. The monoisotopic (exact) mass is 260 g/mol. The molecule has 0 saturated carbocycles. The lowest BCUT2D eigenvalue weighted by Gasteiger charge is -2.36. The molecule has 1 heterocycles. The van der Waals surface area contributed by atoms with Crippen molar-refractivity contribution in [2.24, 2.45) is 5.92 Å². The second-order valence-corrected chi connectivity index (χ2v) is 5.80. The molecule has 0 atom stereocenters. The van der Waals surface area contributed by atoms with Gasteiger partial charge in [-0.2, -0.15) is 0 Å². The van der Waals surface area contributed by atoms with Gasteiger partial charge in [-0.25, -0.2) is 0 Å². The van der Waals surface area contributed by atoms with E-state index in [1.807, 2.05) is 4.90 Å². The molecule has 104 valence electrons. The van der Waals surface area contributed by atoms with E-state index in [9.17, 15) is 4.79 Å². The van der Waals surface area contributed by atoms with Crippen molar-refractivity contribution >= 4 is 11.6 Å². The highest BCUT2D eigenvalue weighted by Crippen LogP contribution is 2.17. The van der Waals surface area contributed by atoms with E-state index in [0.29, 0.717) is 18.2 Å². The van der Waals surface area contributed by atoms with Crippen molar-refractivity contribution in [2.75, 3.05) is 31.1 Å². The van der Waals surface area contributed by atoms with Crippen molar-refractivity contribution in [1.29, 1.82) is 0 Å². The Morgan fingerprint density at radius 2 is 1.68 bits per heavy atom. The van der Waals surface area contributed by atoms with Gasteiger partial charge in [0.05, 0.1) is 0 Å². The number of rotatable bonds is 3. The quantitative estimate of drug-likeness (QED) is 0.834. The molecule has 0 aliphatic carbocycles. The second kappa shape index (κ2) is 6.09. The SMILES string of the molecule is Cc1ccc(N2CCN(C(=O)CC(C)C)CC2)cc1. The molecule has 0 spiro atoms. The molecule has 2 rings (SSSR count).